The highest BCUT2D eigenvalue weighted by atomic mass is 16.6. The summed E-state index contributed by atoms with van der Waals surface area (Å²) in [5, 5.41) is 16.5. The maximum atomic E-state index is 11.0. The SMILES string of the molecule is C=C(C)C(=O)O.O=C(O)c1ccc2c(c1)C(=O)OC2=O. The van der Waals surface area contributed by atoms with E-state index in [0.29, 0.717) is 0 Å². The number of benzene rings is 1. The minimum atomic E-state index is -1.15. The number of hydrogen-bond acceptors (Lipinski definition) is 5. The third-order valence-corrected chi connectivity index (χ3v) is 2.26. The molecule has 0 saturated carbocycles. The number of carbonyl (C=O) groups is 4. The molecule has 7 nitrogen and oxygen atoms in total. The van der Waals surface area contributed by atoms with Crippen LogP contribution < -0.4 is 0 Å². The smallest absolute Gasteiger partial charge is 0.346 e. The maximum Gasteiger partial charge on any atom is 0.346 e. The maximum absolute atomic E-state index is 11.0. The molecule has 7 heteroatoms. The third-order valence-electron chi connectivity index (χ3n) is 2.26. The fraction of sp³-hybridized carbons (Fsp3) is 0.0769. The molecule has 0 saturated heterocycles. The van der Waals surface area contributed by atoms with Crippen LogP contribution in [0.2, 0.25) is 0 Å². The normalized spacial score (nSPS) is 11.8. The van der Waals surface area contributed by atoms with E-state index < -0.39 is 23.9 Å². The van der Waals surface area contributed by atoms with E-state index in [4.69, 9.17) is 10.2 Å². The van der Waals surface area contributed by atoms with E-state index in [0.717, 1.165) is 6.07 Å². The Labute approximate surface area is 113 Å². The quantitative estimate of drug-likeness (QED) is 0.476. The molecule has 1 aliphatic rings. The van der Waals surface area contributed by atoms with Gasteiger partial charge in [-0.25, -0.2) is 19.2 Å². The van der Waals surface area contributed by atoms with E-state index in [-0.39, 0.29) is 22.3 Å². The topological polar surface area (TPSA) is 118 Å². The molecule has 0 amide bonds. The molecule has 0 fully saturated rings. The van der Waals surface area contributed by atoms with Crippen LogP contribution in [0.5, 0.6) is 0 Å². The summed E-state index contributed by atoms with van der Waals surface area (Å²) in [6.45, 7) is 4.60. The Morgan fingerprint density at radius 1 is 1.10 bits per heavy atom. The molecular formula is C13H10O7. The van der Waals surface area contributed by atoms with Gasteiger partial charge in [-0.05, 0) is 25.1 Å². The number of carboxylic acid groups (broad SMARTS) is 2. The number of rotatable bonds is 2. The Hall–Kier alpha value is -2.96. The predicted octanol–water partition coefficient (Wildman–Crippen LogP) is 1.34. The molecule has 1 aromatic rings. The van der Waals surface area contributed by atoms with E-state index in [9.17, 15) is 19.2 Å². The molecule has 104 valence electrons. The summed E-state index contributed by atoms with van der Waals surface area (Å²) in [7, 11) is 0. The second kappa shape index (κ2) is 5.79. The first-order chi connectivity index (χ1) is 9.23. The van der Waals surface area contributed by atoms with Crippen LogP contribution in [-0.2, 0) is 9.53 Å². The first-order valence-corrected chi connectivity index (χ1v) is 5.26. The second-order valence-corrected chi connectivity index (χ2v) is 3.83. The third kappa shape index (κ3) is 3.29. The lowest BCUT2D eigenvalue weighted by Crippen LogP contribution is -2.00. The summed E-state index contributed by atoms with van der Waals surface area (Å²) in [4.78, 5) is 42.1. The standard InChI is InChI=1S/C9H4O5.C4H6O2/c10-7(11)4-1-2-5-6(3-4)9(13)14-8(5)12;1-3(2)4(5)6/h1-3H,(H,10,11);1H2,2H3,(H,5,6). The summed E-state index contributed by atoms with van der Waals surface area (Å²) in [6, 6.07) is 3.65. The van der Waals surface area contributed by atoms with Gasteiger partial charge in [0, 0.05) is 5.57 Å². The number of aromatic carboxylic acids is 1. The van der Waals surface area contributed by atoms with Gasteiger partial charge in [0.05, 0.1) is 16.7 Å². The number of esters is 2. The Kier molecular flexibility index (Phi) is 4.37. The minimum absolute atomic E-state index is 0.00917. The monoisotopic (exact) mass is 278 g/mol. The molecule has 0 atom stereocenters. The average Bonchev–Trinajstić information content (AvgIpc) is 2.65. The highest BCUT2D eigenvalue weighted by Crippen LogP contribution is 2.20. The number of fused-ring (bicyclic) bond motifs is 1. The number of carboxylic acids is 2. The van der Waals surface area contributed by atoms with Crippen molar-refractivity contribution in [1.29, 1.82) is 0 Å². The van der Waals surface area contributed by atoms with Gasteiger partial charge in [0.25, 0.3) is 0 Å². The van der Waals surface area contributed by atoms with E-state index in [1.54, 1.807) is 0 Å². The fourth-order valence-electron chi connectivity index (χ4n) is 1.22. The van der Waals surface area contributed by atoms with Gasteiger partial charge < -0.3 is 14.9 Å². The first kappa shape index (κ1) is 15.1. The van der Waals surface area contributed by atoms with Gasteiger partial charge in [-0.2, -0.15) is 0 Å². The summed E-state index contributed by atoms with van der Waals surface area (Å²) in [5.41, 5.74) is 0.250. The first-order valence-electron chi connectivity index (χ1n) is 5.26. The molecule has 1 aliphatic heterocycles. The van der Waals surface area contributed by atoms with Crippen LogP contribution in [0.25, 0.3) is 0 Å². The Bertz CT molecular complexity index is 616. The van der Waals surface area contributed by atoms with Gasteiger partial charge in [-0.3, -0.25) is 0 Å². The van der Waals surface area contributed by atoms with Crippen molar-refractivity contribution < 1.29 is 34.1 Å². The van der Waals surface area contributed by atoms with Crippen LogP contribution in [0.1, 0.15) is 38.0 Å². The van der Waals surface area contributed by atoms with E-state index in [1.165, 1.54) is 19.1 Å². The zero-order valence-electron chi connectivity index (χ0n) is 10.4. The summed E-state index contributed by atoms with van der Waals surface area (Å²) in [6.07, 6.45) is 0. The van der Waals surface area contributed by atoms with Crippen molar-refractivity contribution in [2.45, 2.75) is 6.92 Å². The van der Waals surface area contributed by atoms with Crippen LogP contribution in [-0.4, -0.2) is 34.1 Å². The zero-order chi connectivity index (χ0) is 15.4. The van der Waals surface area contributed by atoms with E-state index in [2.05, 4.69) is 11.3 Å². The van der Waals surface area contributed by atoms with Crippen molar-refractivity contribution in [2.75, 3.05) is 0 Å². The van der Waals surface area contributed by atoms with Crippen molar-refractivity contribution in [1.82, 2.24) is 0 Å². The Balaban J connectivity index is 0.000000286. The van der Waals surface area contributed by atoms with Crippen molar-refractivity contribution in [3.8, 4) is 0 Å². The predicted molar refractivity (Wildman–Crippen MR) is 65.6 cm³/mol. The molecule has 1 heterocycles. The van der Waals surface area contributed by atoms with Crippen molar-refractivity contribution in [2.24, 2.45) is 0 Å². The van der Waals surface area contributed by atoms with Crippen molar-refractivity contribution in [3.05, 3.63) is 47.0 Å². The lowest BCUT2D eigenvalue weighted by Gasteiger charge is -1.94. The van der Waals surface area contributed by atoms with Gasteiger partial charge in [0.15, 0.2) is 0 Å². The number of aliphatic carboxylic acids is 1. The average molecular weight is 278 g/mol. The Morgan fingerprint density at radius 3 is 2.05 bits per heavy atom. The zero-order valence-corrected chi connectivity index (χ0v) is 10.4. The number of carbonyl (C=O) groups excluding carboxylic acids is 2. The van der Waals surface area contributed by atoms with Gasteiger partial charge in [-0.1, -0.05) is 6.58 Å². The largest absolute Gasteiger partial charge is 0.478 e. The van der Waals surface area contributed by atoms with E-state index in [1.807, 2.05) is 0 Å². The minimum Gasteiger partial charge on any atom is -0.478 e. The highest BCUT2D eigenvalue weighted by molar-refractivity contribution is 6.15. The van der Waals surface area contributed by atoms with Crippen LogP contribution in [0.15, 0.2) is 30.4 Å². The number of cyclic esters (lactones) is 2. The van der Waals surface area contributed by atoms with Crippen LogP contribution in [0.3, 0.4) is 0 Å². The number of ether oxygens (including phenoxy) is 1. The molecule has 0 unspecified atom stereocenters. The summed E-state index contributed by atoms with van der Waals surface area (Å²) >= 11 is 0. The summed E-state index contributed by atoms with van der Waals surface area (Å²) < 4.78 is 4.30. The molecule has 0 radical (unpaired) electrons. The van der Waals surface area contributed by atoms with Gasteiger partial charge in [-0.15, -0.1) is 0 Å². The molecule has 0 aliphatic carbocycles. The van der Waals surface area contributed by atoms with Gasteiger partial charge >= 0.3 is 23.9 Å². The van der Waals surface area contributed by atoms with Crippen molar-refractivity contribution >= 4 is 23.9 Å². The number of hydrogen-bond donors (Lipinski definition) is 2. The molecule has 1 aromatic carbocycles. The molecule has 2 rings (SSSR count). The molecule has 2 N–H and O–H groups in total. The van der Waals surface area contributed by atoms with E-state index >= 15 is 0 Å². The molecular weight excluding hydrogens is 268 g/mol. The Morgan fingerprint density at radius 2 is 1.60 bits per heavy atom. The molecule has 0 spiro atoms. The van der Waals surface area contributed by atoms with Gasteiger partial charge in [0.1, 0.15) is 0 Å². The fourth-order valence-corrected chi connectivity index (χ4v) is 1.22. The lowest BCUT2D eigenvalue weighted by atomic mass is 10.1. The molecule has 0 aromatic heterocycles. The summed E-state index contributed by atoms with van der Waals surface area (Å²) in [5.74, 6) is -3.62. The van der Waals surface area contributed by atoms with Crippen molar-refractivity contribution in [3.63, 3.8) is 0 Å². The van der Waals surface area contributed by atoms with Crippen LogP contribution in [0.4, 0.5) is 0 Å². The molecule has 0 bridgehead atoms. The van der Waals surface area contributed by atoms with Gasteiger partial charge in [0.2, 0.25) is 0 Å². The lowest BCUT2D eigenvalue weighted by molar-refractivity contribution is -0.132. The molecule has 20 heavy (non-hydrogen) atoms. The highest BCUT2D eigenvalue weighted by Gasteiger charge is 2.30. The second-order valence-electron chi connectivity index (χ2n) is 3.83. The van der Waals surface area contributed by atoms with Crippen LogP contribution in [0, 0.1) is 0 Å². The van der Waals surface area contributed by atoms with Crippen LogP contribution >= 0.6 is 0 Å².